The van der Waals surface area contributed by atoms with Gasteiger partial charge in [-0.15, -0.1) is 0 Å². The van der Waals surface area contributed by atoms with E-state index in [1.165, 1.54) is 6.07 Å². The van der Waals surface area contributed by atoms with E-state index < -0.39 is 5.97 Å². The summed E-state index contributed by atoms with van der Waals surface area (Å²) in [5.41, 5.74) is 2.50. The molecule has 1 heterocycles. The first kappa shape index (κ1) is 12.7. The Morgan fingerprint density at radius 1 is 1.50 bits per heavy atom. The van der Waals surface area contributed by atoms with Crippen LogP contribution in [0.1, 0.15) is 50.1 Å². The van der Waals surface area contributed by atoms with E-state index >= 15 is 0 Å². The first-order chi connectivity index (χ1) is 7.29. The highest BCUT2D eigenvalue weighted by Gasteiger charge is 2.17. The quantitative estimate of drug-likeness (QED) is 0.772. The maximum Gasteiger partial charge on any atom is 0.371 e. The molecule has 1 aromatic rings. The molecule has 0 aliphatic carbocycles. The van der Waals surface area contributed by atoms with E-state index in [2.05, 4.69) is 5.48 Å². The van der Waals surface area contributed by atoms with E-state index in [4.69, 9.17) is 14.4 Å². The van der Waals surface area contributed by atoms with E-state index in [1.54, 1.807) is 6.07 Å². The zero-order valence-corrected chi connectivity index (χ0v) is 9.90. The van der Waals surface area contributed by atoms with Gasteiger partial charge in [-0.3, -0.25) is 4.84 Å². The second-order valence-electron chi connectivity index (χ2n) is 4.56. The van der Waals surface area contributed by atoms with E-state index in [0.29, 0.717) is 5.76 Å². The lowest BCUT2D eigenvalue weighted by atomic mass is 10.2. The van der Waals surface area contributed by atoms with Crippen molar-refractivity contribution < 1.29 is 19.2 Å². The van der Waals surface area contributed by atoms with Crippen molar-refractivity contribution in [2.45, 2.75) is 39.3 Å². The highest BCUT2D eigenvalue weighted by molar-refractivity contribution is 5.84. The Morgan fingerprint density at radius 2 is 2.12 bits per heavy atom. The summed E-state index contributed by atoms with van der Waals surface area (Å²) in [4.78, 5) is 16.0. The van der Waals surface area contributed by atoms with Crippen LogP contribution in [0.4, 0.5) is 0 Å². The number of hydrogen-bond donors (Lipinski definition) is 2. The van der Waals surface area contributed by atoms with Crippen molar-refractivity contribution in [2.75, 3.05) is 0 Å². The van der Waals surface area contributed by atoms with Crippen LogP contribution in [0.2, 0.25) is 0 Å². The molecule has 1 atom stereocenters. The molecule has 2 N–H and O–H groups in total. The summed E-state index contributed by atoms with van der Waals surface area (Å²) in [6.45, 7) is 7.57. The summed E-state index contributed by atoms with van der Waals surface area (Å²) in [6, 6.07) is 2.84. The molecular formula is C11H17NO4. The van der Waals surface area contributed by atoms with Crippen LogP contribution in [-0.2, 0) is 4.84 Å². The Labute approximate surface area is 94.4 Å². The number of carbonyl (C=O) groups is 1. The van der Waals surface area contributed by atoms with Gasteiger partial charge in [0.1, 0.15) is 5.76 Å². The molecule has 1 unspecified atom stereocenters. The summed E-state index contributed by atoms with van der Waals surface area (Å²) in [5.74, 6) is -0.615. The number of nitrogens with one attached hydrogen (secondary N) is 1. The number of carboxylic acid groups (broad SMARTS) is 1. The first-order valence-electron chi connectivity index (χ1n) is 5.06. The Hall–Kier alpha value is -1.33. The molecule has 5 heteroatoms. The number of aromatic carboxylic acids is 1. The fraction of sp³-hybridized carbons (Fsp3) is 0.545. The van der Waals surface area contributed by atoms with E-state index in [0.717, 1.165) is 0 Å². The average Bonchev–Trinajstić information content (AvgIpc) is 2.61. The van der Waals surface area contributed by atoms with Crippen LogP contribution in [0.3, 0.4) is 0 Å². The van der Waals surface area contributed by atoms with Gasteiger partial charge in [0, 0.05) is 0 Å². The SMILES string of the molecule is CC(NOC(C)(C)C)c1ccc(C(=O)O)o1. The predicted molar refractivity (Wildman–Crippen MR) is 58.1 cm³/mol. The van der Waals surface area contributed by atoms with Crippen molar-refractivity contribution in [3.8, 4) is 0 Å². The van der Waals surface area contributed by atoms with Crippen LogP contribution in [0.15, 0.2) is 16.5 Å². The lowest BCUT2D eigenvalue weighted by Gasteiger charge is -2.22. The summed E-state index contributed by atoms with van der Waals surface area (Å²) < 4.78 is 5.13. The molecule has 0 radical (unpaired) electrons. The standard InChI is InChI=1S/C11H17NO4/c1-7(12-16-11(2,3)4)8-5-6-9(15-8)10(13)14/h5-7,12H,1-4H3,(H,13,14). The molecule has 0 aliphatic heterocycles. The topological polar surface area (TPSA) is 71.7 Å². The molecule has 0 bridgehead atoms. The van der Waals surface area contributed by atoms with Crippen molar-refractivity contribution in [1.29, 1.82) is 0 Å². The van der Waals surface area contributed by atoms with Gasteiger partial charge in [0.2, 0.25) is 5.76 Å². The van der Waals surface area contributed by atoms with E-state index in [-0.39, 0.29) is 17.4 Å². The summed E-state index contributed by atoms with van der Waals surface area (Å²) in [7, 11) is 0. The van der Waals surface area contributed by atoms with Gasteiger partial charge in [-0.25, -0.2) is 4.79 Å². The number of hydroxylamine groups is 1. The fourth-order valence-electron chi connectivity index (χ4n) is 1.02. The van der Waals surface area contributed by atoms with Crippen LogP contribution in [0.25, 0.3) is 0 Å². The highest BCUT2D eigenvalue weighted by Crippen LogP contribution is 2.17. The molecule has 1 rings (SSSR count). The van der Waals surface area contributed by atoms with Gasteiger partial charge in [0.15, 0.2) is 0 Å². The second-order valence-corrected chi connectivity index (χ2v) is 4.56. The first-order valence-corrected chi connectivity index (χ1v) is 5.06. The number of carboxylic acids is 1. The zero-order valence-electron chi connectivity index (χ0n) is 9.90. The summed E-state index contributed by atoms with van der Waals surface area (Å²) in [6.07, 6.45) is 0. The van der Waals surface area contributed by atoms with Crippen molar-refractivity contribution in [3.05, 3.63) is 23.7 Å². The average molecular weight is 227 g/mol. The van der Waals surface area contributed by atoms with Crippen LogP contribution in [0.5, 0.6) is 0 Å². The van der Waals surface area contributed by atoms with Crippen molar-refractivity contribution >= 4 is 5.97 Å². The van der Waals surface area contributed by atoms with Crippen molar-refractivity contribution in [2.24, 2.45) is 0 Å². The van der Waals surface area contributed by atoms with Gasteiger partial charge in [-0.1, -0.05) is 0 Å². The highest BCUT2D eigenvalue weighted by atomic mass is 16.7. The summed E-state index contributed by atoms with van der Waals surface area (Å²) >= 11 is 0. The molecule has 5 nitrogen and oxygen atoms in total. The lowest BCUT2D eigenvalue weighted by molar-refractivity contribution is -0.0890. The molecule has 1 aromatic heterocycles. The molecule has 90 valence electrons. The van der Waals surface area contributed by atoms with Gasteiger partial charge in [0.05, 0.1) is 11.6 Å². The number of furan rings is 1. The minimum absolute atomic E-state index is 0.0700. The minimum Gasteiger partial charge on any atom is -0.475 e. The predicted octanol–water partition coefficient (Wildman–Crippen LogP) is 2.36. The number of rotatable bonds is 4. The molecule has 0 aromatic carbocycles. The molecule has 0 saturated heterocycles. The van der Waals surface area contributed by atoms with Gasteiger partial charge in [0.25, 0.3) is 0 Å². The molecule has 0 amide bonds. The molecule has 0 saturated carbocycles. The van der Waals surface area contributed by atoms with Crippen molar-refractivity contribution in [1.82, 2.24) is 5.48 Å². The third-order valence-corrected chi connectivity index (χ3v) is 1.81. The molecular weight excluding hydrogens is 210 g/mol. The maximum absolute atomic E-state index is 10.6. The Bertz CT molecular complexity index is 364. The summed E-state index contributed by atoms with van der Waals surface area (Å²) in [5, 5.41) is 8.69. The minimum atomic E-state index is -1.07. The fourth-order valence-corrected chi connectivity index (χ4v) is 1.02. The van der Waals surface area contributed by atoms with Crippen LogP contribution in [-0.4, -0.2) is 16.7 Å². The van der Waals surface area contributed by atoms with Gasteiger partial charge < -0.3 is 9.52 Å². The van der Waals surface area contributed by atoms with Crippen LogP contribution >= 0.6 is 0 Å². The Kier molecular flexibility index (Phi) is 3.72. The van der Waals surface area contributed by atoms with E-state index in [1.807, 2.05) is 27.7 Å². The molecule has 16 heavy (non-hydrogen) atoms. The lowest BCUT2D eigenvalue weighted by Crippen LogP contribution is -2.30. The molecule has 0 aliphatic rings. The third kappa shape index (κ3) is 3.67. The largest absolute Gasteiger partial charge is 0.475 e. The maximum atomic E-state index is 10.6. The van der Waals surface area contributed by atoms with E-state index in [9.17, 15) is 4.79 Å². The second kappa shape index (κ2) is 4.67. The van der Waals surface area contributed by atoms with Gasteiger partial charge in [-0.2, -0.15) is 5.48 Å². The van der Waals surface area contributed by atoms with Gasteiger partial charge in [-0.05, 0) is 39.8 Å². The van der Waals surface area contributed by atoms with Crippen LogP contribution in [0, 0.1) is 0 Å². The van der Waals surface area contributed by atoms with Gasteiger partial charge >= 0.3 is 5.97 Å². The smallest absolute Gasteiger partial charge is 0.371 e. The Morgan fingerprint density at radius 3 is 2.56 bits per heavy atom. The molecule has 0 spiro atoms. The Balaban J connectivity index is 2.59. The normalized spacial score (nSPS) is 13.8. The van der Waals surface area contributed by atoms with Crippen molar-refractivity contribution in [3.63, 3.8) is 0 Å². The number of hydrogen-bond acceptors (Lipinski definition) is 4. The molecule has 0 fully saturated rings. The third-order valence-electron chi connectivity index (χ3n) is 1.81. The van der Waals surface area contributed by atoms with Crippen LogP contribution < -0.4 is 5.48 Å². The zero-order chi connectivity index (χ0) is 12.3. The monoisotopic (exact) mass is 227 g/mol.